The Morgan fingerprint density at radius 2 is 2.17 bits per heavy atom. The van der Waals surface area contributed by atoms with Gasteiger partial charge in [-0.05, 0) is 29.3 Å². The van der Waals surface area contributed by atoms with E-state index in [-0.39, 0.29) is 0 Å². The largest absolute Gasteiger partial charge is 0.268 e. The third kappa shape index (κ3) is 1.84. The van der Waals surface area contributed by atoms with E-state index in [4.69, 9.17) is 0 Å². The van der Waals surface area contributed by atoms with Crippen molar-refractivity contribution in [1.29, 1.82) is 0 Å². The molecule has 68 valence electrons. The molecule has 1 aromatic heterocycles. The molecular weight excluding hydrogens is 331 g/mol. The second kappa shape index (κ2) is 4.60. The zero-order chi connectivity index (χ0) is 9.14. The van der Waals surface area contributed by atoms with Gasteiger partial charge in [0.05, 0.1) is 15.9 Å². The zero-order valence-corrected chi connectivity index (χ0v) is 11.0. The van der Waals surface area contributed by atoms with Crippen LogP contribution in [0.1, 0.15) is 25.2 Å². The van der Waals surface area contributed by atoms with E-state index < -0.39 is 0 Å². The molecule has 0 radical (unpaired) electrons. The van der Waals surface area contributed by atoms with Crippen LogP contribution in [0.3, 0.4) is 0 Å². The van der Waals surface area contributed by atoms with Gasteiger partial charge < -0.3 is 0 Å². The lowest BCUT2D eigenvalue weighted by molar-refractivity contribution is 0.629. The van der Waals surface area contributed by atoms with Gasteiger partial charge in [-0.15, -0.1) is 0 Å². The number of nitrogens with zero attached hydrogens (tertiary/aromatic N) is 2. The van der Waals surface area contributed by atoms with Gasteiger partial charge in [-0.1, -0.05) is 29.5 Å². The predicted octanol–water partition coefficient (Wildman–Crippen LogP) is 3.16. The van der Waals surface area contributed by atoms with Gasteiger partial charge in [0.2, 0.25) is 0 Å². The van der Waals surface area contributed by atoms with Crippen molar-refractivity contribution in [2.45, 2.75) is 31.2 Å². The molecule has 0 fully saturated rings. The number of alkyl halides is 1. The number of hydrogen-bond donors (Lipinski definition) is 0. The molecule has 1 aromatic rings. The van der Waals surface area contributed by atoms with Gasteiger partial charge in [0.25, 0.3) is 0 Å². The molecule has 0 amide bonds. The lowest BCUT2D eigenvalue weighted by Crippen LogP contribution is -2.00. The maximum Gasteiger partial charge on any atom is 0.0767 e. The molecule has 0 saturated carbocycles. The van der Waals surface area contributed by atoms with Crippen LogP contribution in [0.15, 0.2) is 4.47 Å². The minimum atomic E-state index is 0.955. The van der Waals surface area contributed by atoms with Crippen LogP contribution in [0.4, 0.5) is 0 Å². The van der Waals surface area contributed by atoms with Gasteiger partial charge in [-0.3, -0.25) is 4.68 Å². The van der Waals surface area contributed by atoms with Gasteiger partial charge in [-0.25, -0.2) is 0 Å². The van der Waals surface area contributed by atoms with Crippen LogP contribution in [-0.4, -0.2) is 9.78 Å². The highest BCUT2D eigenvalue weighted by Gasteiger charge is 2.11. The van der Waals surface area contributed by atoms with Crippen molar-refractivity contribution >= 4 is 38.5 Å². The fraction of sp³-hybridized carbons (Fsp3) is 0.625. The molecule has 0 N–H and O–H groups in total. The normalized spacial score (nSPS) is 10.7. The molecular formula is C8H12BrIN2. The summed E-state index contributed by atoms with van der Waals surface area (Å²) in [6, 6.07) is 0. The highest BCUT2D eigenvalue weighted by atomic mass is 127. The molecule has 12 heavy (non-hydrogen) atoms. The van der Waals surface area contributed by atoms with E-state index in [1.807, 2.05) is 0 Å². The lowest BCUT2D eigenvalue weighted by Gasteiger charge is -1.99. The summed E-state index contributed by atoms with van der Waals surface area (Å²) in [6.45, 7) is 5.20. The summed E-state index contributed by atoms with van der Waals surface area (Å²) in [7, 11) is 0. The number of rotatable bonds is 3. The lowest BCUT2D eigenvalue weighted by atomic mass is 10.3. The number of hydrogen-bond acceptors (Lipinski definition) is 1. The number of aryl methyl sites for hydroxylation is 2. The molecule has 1 rings (SSSR count). The van der Waals surface area contributed by atoms with Crippen LogP contribution in [0.2, 0.25) is 0 Å². The summed E-state index contributed by atoms with van der Waals surface area (Å²) >= 11 is 5.94. The molecule has 0 bridgehead atoms. The third-order valence-corrected chi connectivity index (χ3v) is 3.46. The summed E-state index contributed by atoms with van der Waals surface area (Å²) in [4.78, 5) is 0. The summed E-state index contributed by atoms with van der Waals surface area (Å²) in [5, 5.41) is 4.48. The second-order valence-electron chi connectivity index (χ2n) is 2.51. The SMILES string of the molecule is CCc1nn(CC)c(CI)c1Br. The third-order valence-electron chi connectivity index (χ3n) is 1.82. The van der Waals surface area contributed by atoms with Crippen LogP contribution < -0.4 is 0 Å². The Bertz CT molecular complexity index is 270. The zero-order valence-electron chi connectivity index (χ0n) is 7.27. The average Bonchev–Trinajstić information content (AvgIpc) is 2.41. The van der Waals surface area contributed by atoms with E-state index in [0.717, 1.165) is 17.4 Å². The molecule has 1 heterocycles. The van der Waals surface area contributed by atoms with Gasteiger partial charge in [0, 0.05) is 11.0 Å². The van der Waals surface area contributed by atoms with Crippen molar-refractivity contribution in [3.63, 3.8) is 0 Å². The first kappa shape index (κ1) is 10.5. The molecule has 0 saturated heterocycles. The van der Waals surface area contributed by atoms with Crippen molar-refractivity contribution in [1.82, 2.24) is 9.78 Å². The van der Waals surface area contributed by atoms with E-state index >= 15 is 0 Å². The predicted molar refractivity (Wildman–Crippen MR) is 62.7 cm³/mol. The number of halogens is 2. The van der Waals surface area contributed by atoms with E-state index in [0.29, 0.717) is 0 Å². The maximum absolute atomic E-state index is 4.48. The standard InChI is InChI=1S/C8H12BrIN2/c1-3-6-8(9)7(5-10)12(4-2)11-6/h3-5H2,1-2H3. The van der Waals surface area contributed by atoms with Gasteiger partial charge in [0.15, 0.2) is 0 Å². The minimum Gasteiger partial charge on any atom is -0.268 e. The Morgan fingerprint density at radius 3 is 2.50 bits per heavy atom. The molecule has 0 aliphatic heterocycles. The molecule has 0 aliphatic carbocycles. The van der Waals surface area contributed by atoms with Gasteiger partial charge >= 0.3 is 0 Å². The second-order valence-corrected chi connectivity index (χ2v) is 4.07. The van der Waals surface area contributed by atoms with Crippen LogP contribution >= 0.6 is 38.5 Å². The van der Waals surface area contributed by atoms with Crippen molar-refractivity contribution in [2.75, 3.05) is 0 Å². The van der Waals surface area contributed by atoms with E-state index in [2.05, 4.69) is 62.1 Å². The maximum atomic E-state index is 4.48. The molecule has 0 spiro atoms. The van der Waals surface area contributed by atoms with Crippen molar-refractivity contribution in [2.24, 2.45) is 0 Å². The first-order valence-electron chi connectivity index (χ1n) is 4.04. The van der Waals surface area contributed by atoms with E-state index in [1.165, 1.54) is 15.9 Å². The molecule has 2 nitrogen and oxygen atoms in total. The first-order chi connectivity index (χ1) is 5.74. The quantitative estimate of drug-likeness (QED) is 0.609. The highest BCUT2D eigenvalue weighted by Crippen LogP contribution is 2.24. The van der Waals surface area contributed by atoms with Crippen molar-refractivity contribution in [3.8, 4) is 0 Å². The van der Waals surface area contributed by atoms with Gasteiger partial charge in [-0.2, -0.15) is 5.10 Å². The molecule has 4 heteroatoms. The summed E-state index contributed by atoms with van der Waals surface area (Å²) in [5.74, 6) is 0. The monoisotopic (exact) mass is 342 g/mol. The summed E-state index contributed by atoms with van der Waals surface area (Å²) in [5.41, 5.74) is 2.47. The van der Waals surface area contributed by atoms with E-state index in [1.54, 1.807) is 0 Å². The average molecular weight is 343 g/mol. The fourth-order valence-corrected chi connectivity index (χ4v) is 3.15. The van der Waals surface area contributed by atoms with Crippen molar-refractivity contribution in [3.05, 3.63) is 15.9 Å². The Balaban J connectivity index is 3.13. The van der Waals surface area contributed by atoms with Crippen LogP contribution in [-0.2, 0) is 17.4 Å². The smallest absolute Gasteiger partial charge is 0.0767 e. The topological polar surface area (TPSA) is 17.8 Å². The Hall–Kier alpha value is 0.420. The number of aromatic nitrogens is 2. The van der Waals surface area contributed by atoms with Crippen molar-refractivity contribution < 1.29 is 0 Å². The molecule has 0 aliphatic rings. The molecule has 0 aromatic carbocycles. The van der Waals surface area contributed by atoms with Crippen LogP contribution in [0.5, 0.6) is 0 Å². The van der Waals surface area contributed by atoms with Crippen LogP contribution in [0, 0.1) is 0 Å². The first-order valence-corrected chi connectivity index (χ1v) is 6.36. The summed E-state index contributed by atoms with van der Waals surface area (Å²) in [6.07, 6.45) is 0.997. The van der Waals surface area contributed by atoms with E-state index in [9.17, 15) is 0 Å². The molecule has 0 unspecified atom stereocenters. The summed E-state index contributed by atoms with van der Waals surface area (Å²) < 4.78 is 4.27. The molecule has 0 atom stereocenters. The van der Waals surface area contributed by atoms with Crippen LogP contribution in [0.25, 0.3) is 0 Å². The highest BCUT2D eigenvalue weighted by molar-refractivity contribution is 14.1. The Kier molecular flexibility index (Phi) is 4.02. The van der Waals surface area contributed by atoms with Gasteiger partial charge in [0.1, 0.15) is 0 Å². The Morgan fingerprint density at radius 1 is 1.50 bits per heavy atom. The minimum absolute atomic E-state index is 0.955. The fourth-order valence-electron chi connectivity index (χ4n) is 1.14. The Labute approximate surface area is 95.0 Å².